The van der Waals surface area contributed by atoms with Crippen molar-refractivity contribution in [1.29, 1.82) is 0 Å². The summed E-state index contributed by atoms with van der Waals surface area (Å²) in [6.07, 6.45) is 0.0753. The predicted molar refractivity (Wildman–Crippen MR) is 110 cm³/mol. The second-order valence-electron chi connectivity index (χ2n) is 7.35. The van der Waals surface area contributed by atoms with E-state index in [9.17, 15) is 9.59 Å². The standard InChI is InChI=1S/C21H24ClN3O2/c1-14(13-19(26)23-18-11-9-17(22)10-12-18)24-25-20(27)15-5-7-16(8-6-15)21(2,3)4/h5-12H,13H2,1-4H3,(H,23,26)(H,25,27). The van der Waals surface area contributed by atoms with Gasteiger partial charge in [0, 0.05) is 22.0 Å². The Morgan fingerprint density at radius 3 is 2.15 bits per heavy atom. The Morgan fingerprint density at radius 1 is 1.00 bits per heavy atom. The average Bonchev–Trinajstić information content (AvgIpc) is 2.61. The quantitative estimate of drug-likeness (QED) is 0.574. The number of hydrogen-bond donors (Lipinski definition) is 2. The number of anilines is 1. The fourth-order valence-corrected chi connectivity index (χ4v) is 2.47. The van der Waals surface area contributed by atoms with Crippen LogP contribution in [0.25, 0.3) is 0 Å². The Kier molecular flexibility index (Phi) is 6.75. The van der Waals surface area contributed by atoms with Crippen LogP contribution in [0.4, 0.5) is 5.69 Å². The van der Waals surface area contributed by atoms with Gasteiger partial charge in [-0.1, -0.05) is 44.5 Å². The molecule has 0 bridgehead atoms. The van der Waals surface area contributed by atoms with Crippen molar-refractivity contribution >= 4 is 34.8 Å². The van der Waals surface area contributed by atoms with Crippen molar-refractivity contribution in [2.24, 2.45) is 5.10 Å². The molecule has 0 saturated carbocycles. The van der Waals surface area contributed by atoms with Crippen LogP contribution in [0.2, 0.25) is 5.02 Å². The van der Waals surface area contributed by atoms with E-state index in [1.54, 1.807) is 43.3 Å². The van der Waals surface area contributed by atoms with Crippen molar-refractivity contribution in [2.45, 2.75) is 39.5 Å². The summed E-state index contributed by atoms with van der Waals surface area (Å²) >= 11 is 5.81. The van der Waals surface area contributed by atoms with E-state index in [0.29, 0.717) is 22.0 Å². The topological polar surface area (TPSA) is 70.6 Å². The molecule has 5 nitrogen and oxygen atoms in total. The van der Waals surface area contributed by atoms with Crippen molar-refractivity contribution in [3.05, 3.63) is 64.7 Å². The molecule has 0 atom stereocenters. The van der Waals surface area contributed by atoms with E-state index < -0.39 is 0 Å². The first-order valence-corrected chi connectivity index (χ1v) is 9.02. The predicted octanol–water partition coefficient (Wildman–Crippen LogP) is 4.77. The molecule has 0 saturated heterocycles. The van der Waals surface area contributed by atoms with E-state index in [0.717, 1.165) is 5.56 Å². The normalized spacial score (nSPS) is 11.8. The third-order valence-electron chi connectivity index (χ3n) is 3.91. The first-order valence-electron chi connectivity index (χ1n) is 8.64. The number of carbonyl (C=O) groups is 2. The molecule has 0 aliphatic heterocycles. The molecule has 0 spiro atoms. The van der Waals surface area contributed by atoms with Gasteiger partial charge in [0.05, 0.1) is 6.42 Å². The molecule has 0 aromatic heterocycles. The lowest BCUT2D eigenvalue weighted by Crippen LogP contribution is -2.21. The zero-order chi connectivity index (χ0) is 20.0. The molecular formula is C21H24ClN3O2. The fourth-order valence-electron chi connectivity index (χ4n) is 2.34. The summed E-state index contributed by atoms with van der Waals surface area (Å²) < 4.78 is 0. The van der Waals surface area contributed by atoms with Crippen LogP contribution in [0, 0.1) is 0 Å². The van der Waals surface area contributed by atoms with Crippen LogP contribution < -0.4 is 10.7 Å². The molecule has 2 amide bonds. The van der Waals surface area contributed by atoms with Crippen molar-refractivity contribution in [1.82, 2.24) is 5.43 Å². The molecule has 0 heterocycles. The lowest BCUT2D eigenvalue weighted by molar-refractivity contribution is -0.115. The molecule has 6 heteroatoms. The van der Waals surface area contributed by atoms with Crippen LogP contribution in [0.3, 0.4) is 0 Å². The molecular weight excluding hydrogens is 362 g/mol. The number of halogens is 1. The number of carbonyl (C=O) groups excluding carboxylic acids is 2. The van der Waals surface area contributed by atoms with Gasteiger partial charge >= 0.3 is 0 Å². The van der Waals surface area contributed by atoms with E-state index in [2.05, 4.69) is 36.6 Å². The molecule has 0 fully saturated rings. The maximum Gasteiger partial charge on any atom is 0.271 e. The molecule has 0 aliphatic rings. The fraction of sp³-hybridized carbons (Fsp3) is 0.286. The molecule has 0 unspecified atom stereocenters. The molecule has 0 radical (unpaired) electrons. The van der Waals surface area contributed by atoms with E-state index in [1.807, 2.05) is 12.1 Å². The summed E-state index contributed by atoms with van der Waals surface area (Å²) in [4.78, 5) is 24.2. The van der Waals surface area contributed by atoms with Crippen LogP contribution in [0.15, 0.2) is 53.6 Å². The lowest BCUT2D eigenvalue weighted by atomic mass is 9.87. The monoisotopic (exact) mass is 385 g/mol. The largest absolute Gasteiger partial charge is 0.326 e. The number of rotatable bonds is 5. The Hall–Kier alpha value is -2.66. The zero-order valence-electron chi connectivity index (χ0n) is 16.0. The highest BCUT2D eigenvalue weighted by atomic mass is 35.5. The Balaban J connectivity index is 1.89. The molecule has 27 heavy (non-hydrogen) atoms. The Bertz CT molecular complexity index is 835. The van der Waals surface area contributed by atoms with Gasteiger partial charge in [-0.15, -0.1) is 0 Å². The third-order valence-corrected chi connectivity index (χ3v) is 4.16. The van der Waals surface area contributed by atoms with E-state index in [4.69, 9.17) is 11.6 Å². The first-order chi connectivity index (χ1) is 12.6. The van der Waals surface area contributed by atoms with Gasteiger partial charge in [0.15, 0.2) is 0 Å². The molecule has 2 N–H and O–H groups in total. The van der Waals surface area contributed by atoms with E-state index >= 15 is 0 Å². The first kappa shape index (κ1) is 20.6. The summed E-state index contributed by atoms with van der Waals surface area (Å²) in [5.74, 6) is -0.532. The maximum atomic E-state index is 12.2. The summed E-state index contributed by atoms with van der Waals surface area (Å²) in [6, 6.07) is 14.2. The van der Waals surface area contributed by atoms with Gasteiger partial charge in [0.2, 0.25) is 5.91 Å². The minimum Gasteiger partial charge on any atom is -0.326 e. The minimum atomic E-state index is -0.312. The highest BCUT2D eigenvalue weighted by Gasteiger charge is 2.14. The van der Waals surface area contributed by atoms with E-state index in [-0.39, 0.29) is 23.7 Å². The molecule has 2 rings (SSSR count). The second-order valence-corrected chi connectivity index (χ2v) is 7.78. The number of hydrogen-bond acceptors (Lipinski definition) is 3. The highest BCUT2D eigenvalue weighted by molar-refractivity contribution is 6.30. The molecule has 0 aliphatic carbocycles. The summed E-state index contributed by atoms with van der Waals surface area (Å²) in [6.45, 7) is 8.03. The number of nitrogens with zero attached hydrogens (tertiary/aromatic N) is 1. The summed E-state index contributed by atoms with van der Waals surface area (Å²) in [7, 11) is 0. The summed E-state index contributed by atoms with van der Waals surface area (Å²) in [5.41, 5.74) is 5.34. The molecule has 2 aromatic carbocycles. The minimum absolute atomic E-state index is 0.0290. The van der Waals surface area contributed by atoms with Crippen molar-refractivity contribution in [3.8, 4) is 0 Å². The van der Waals surface area contributed by atoms with Gasteiger partial charge in [0.25, 0.3) is 5.91 Å². The smallest absolute Gasteiger partial charge is 0.271 e. The number of benzene rings is 2. The van der Waals surface area contributed by atoms with Crippen LogP contribution in [-0.2, 0) is 10.2 Å². The number of nitrogens with one attached hydrogen (secondary N) is 2. The third kappa shape index (κ3) is 6.53. The maximum absolute atomic E-state index is 12.2. The van der Waals surface area contributed by atoms with Crippen LogP contribution in [0.1, 0.15) is 50.0 Å². The van der Waals surface area contributed by atoms with Crippen LogP contribution >= 0.6 is 11.6 Å². The number of amides is 2. The van der Waals surface area contributed by atoms with Gasteiger partial charge in [-0.2, -0.15) is 5.10 Å². The Labute approximate surface area is 164 Å². The molecule has 142 valence electrons. The van der Waals surface area contributed by atoms with Gasteiger partial charge < -0.3 is 5.32 Å². The van der Waals surface area contributed by atoms with Gasteiger partial charge in [-0.3, -0.25) is 9.59 Å². The molecule has 2 aromatic rings. The van der Waals surface area contributed by atoms with Crippen LogP contribution in [0.5, 0.6) is 0 Å². The highest BCUT2D eigenvalue weighted by Crippen LogP contribution is 2.22. The zero-order valence-corrected chi connectivity index (χ0v) is 16.7. The lowest BCUT2D eigenvalue weighted by Gasteiger charge is -2.18. The van der Waals surface area contributed by atoms with Gasteiger partial charge in [-0.05, 0) is 54.3 Å². The van der Waals surface area contributed by atoms with Crippen molar-refractivity contribution in [3.63, 3.8) is 0 Å². The van der Waals surface area contributed by atoms with Gasteiger partial charge in [0.1, 0.15) is 0 Å². The van der Waals surface area contributed by atoms with Gasteiger partial charge in [-0.25, -0.2) is 5.43 Å². The van der Waals surface area contributed by atoms with E-state index in [1.165, 1.54) is 0 Å². The number of hydrazone groups is 1. The summed E-state index contributed by atoms with van der Waals surface area (Å²) in [5, 5.41) is 7.35. The van der Waals surface area contributed by atoms with Crippen molar-refractivity contribution < 1.29 is 9.59 Å². The second kappa shape index (κ2) is 8.82. The Morgan fingerprint density at radius 2 is 1.59 bits per heavy atom. The van der Waals surface area contributed by atoms with Crippen LogP contribution in [-0.4, -0.2) is 17.5 Å². The van der Waals surface area contributed by atoms with Crippen molar-refractivity contribution in [2.75, 3.05) is 5.32 Å². The average molecular weight is 386 g/mol. The SMILES string of the molecule is CC(CC(=O)Nc1ccc(Cl)cc1)=NNC(=O)c1ccc(C(C)(C)C)cc1.